The Kier molecular flexibility index (Phi) is 7.42. The number of nitrogens with two attached hydrogens (primary N) is 1. The number of hydrogen-bond acceptors (Lipinski definition) is 6. The Morgan fingerprint density at radius 2 is 1.86 bits per heavy atom. The molecule has 8 nitrogen and oxygen atoms in total. The third-order valence-corrected chi connectivity index (χ3v) is 5.57. The number of fused-ring (bicyclic) bond motifs is 1. The van der Waals surface area contributed by atoms with Crippen molar-refractivity contribution in [3.63, 3.8) is 0 Å². The molecular weight excluding hydrogens is 442 g/mol. The van der Waals surface area contributed by atoms with Gasteiger partial charge in [0.1, 0.15) is 23.7 Å². The normalized spacial score (nSPS) is 10.8. The highest BCUT2D eigenvalue weighted by atomic mass is 16.5. The predicted molar refractivity (Wildman–Crippen MR) is 136 cm³/mol. The Morgan fingerprint density at radius 3 is 2.63 bits per heavy atom. The monoisotopic (exact) mass is 471 g/mol. The van der Waals surface area contributed by atoms with Gasteiger partial charge in [0.15, 0.2) is 0 Å². The molecule has 0 radical (unpaired) electrons. The summed E-state index contributed by atoms with van der Waals surface area (Å²) in [7, 11) is 0. The van der Waals surface area contributed by atoms with Crippen molar-refractivity contribution in [2.75, 3.05) is 18.5 Å². The summed E-state index contributed by atoms with van der Waals surface area (Å²) in [6, 6.07) is 19.2. The number of amides is 1. The van der Waals surface area contributed by atoms with Crippen LogP contribution in [0.3, 0.4) is 0 Å². The first-order chi connectivity index (χ1) is 17.0. The molecule has 35 heavy (non-hydrogen) atoms. The minimum Gasteiger partial charge on any atom is -0.465 e. The van der Waals surface area contributed by atoms with E-state index in [-0.39, 0.29) is 18.4 Å². The predicted octanol–water partition coefficient (Wildman–Crippen LogP) is 3.67. The lowest BCUT2D eigenvalue weighted by Gasteiger charge is -2.10. The fourth-order valence-corrected chi connectivity index (χ4v) is 3.87. The average molecular weight is 472 g/mol. The first-order valence-corrected chi connectivity index (χ1v) is 11.5. The molecule has 0 aliphatic carbocycles. The molecule has 2 aromatic heterocycles. The van der Waals surface area contributed by atoms with Crippen LogP contribution in [0.15, 0.2) is 66.9 Å². The molecule has 4 aromatic rings. The van der Waals surface area contributed by atoms with Crippen LogP contribution in [0.5, 0.6) is 0 Å². The highest BCUT2D eigenvalue weighted by Crippen LogP contribution is 2.29. The van der Waals surface area contributed by atoms with E-state index in [9.17, 15) is 9.59 Å². The first kappa shape index (κ1) is 24.0. The molecule has 2 aromatic carbocycles. The van der Waals surface area contributed by atoms with Crippen LogP contribution in [-0.4, -0.2) is 34.4 Å². The number of nitrogens with zero attached hydrogens (tertiary/aromatic N) is 2. The molecule has 180 valence electrons. The van der Waals surface area contributed by atoms with Crippen molar-refractivity contribution in [3.8, 4) is 11.3 Å². The summed E-state index contributed by atoms with van der Waals surface area (Å²) in [5.74, 6) is 0.100. The first-order valence-electron chi connectivity index (χ1n) is 11.5. The van der Waals surface area contributed by atoms with Crippen LogP contribution in [0.2, 0.25) is 0 Å². The van der Waals surface area contributed by atoms with E-state index in [0.717, 1.165) is 22.3 Å². The second-order valence-corrected chi connectivity index (χ2v) is 8.19. The number of imidazole rings is 1. The number of carbonyl (C=O) groups excluding carboxylic acids is 2. The van der Waals surface area contributed by atoms with Crippen molar-refractivity contribution < 1.29 is 14.3 Å². The van der Waals surface area contributed by atoms with E-state index >= 15 is 0 Å². The van der Waals surface area contributed by atoms with Crippen LogP contribution in [0, 0.1) is 6.92 Å². The van der Waals surface area contributed by atoms with Crippen molar-refractivity contribution in [3.05, 3.63) is 89.1 Å². The molecule has 0 atom stereocenters. The van der Waals surface area contributed by atoms with Gasteiger partial charge in [0.2, 0.25) is 0 Å². The van der Waals surface area contributed by atoms with Gasteiger partial charge in [-0.1, -0.05) is 48.0 Å². The van der Waals surface area contributed by atoms with E-state index in [1.165, 1.54) is 0 Å². The molecule has 0 bridgehead atoms. The molecule has 0 unspecified atom stereocenters. The number of pyridine rings is 1. The maximum absolute atomic E-state index is 12.9. The molecule has 8 heteroatoms. The number of hydrogen-bond donors (Lipinski definition) is 3. The summed E-state index contributed by atoms with van der Waals surface area (Å²) >= 11 is 0. The number of aromatic nitrogens is 2. The Balaban J connectivity index is 1.62. The quantitative estimate of drug-likeness (QED) is 0.321. The lowest BCUT2D eigenvalue weighted by Crippen LogP contribution is -2.23. The van der Waals surface area contributed by atoms with Crippen LogP contribution < -0.4 is 16.4 Å². The van der Waals surface area contributed by atoms with Gasteiger partial charge in [-0.25, -0.2) is 4.98 Å². The SMILES string of the molecule is CCOC(=O)CNc1c(-c2cccc(C)c2)nc2cc(C(=O)NCc3cccc(CN)c3)ccn12. The Hall–Kier alpha value is -4.17. The highest BCUT2D eigenvalue weighted by molar-refractivity contribution is 5.95. The molecule has 4 N–H and O–H groups in total. The number of benzene rings is 2. The van der Waals surface area contributed by atoms with Crippen LogP contribution in [-0.2, 0) is 22.6 Å². The second-order valence-electron chi connectivity index (χ2n) is 8.19. The molecule has 1 amide bonds. The van der Waals surface area contributed by atoms with Crippen molar-refractivity contribution in [1.82, 2.24) is 14.7 Å². The lowest BCUT2D eigenvalue weighted by molar-refractivity contribution is -0.140. The summed E-state index contributed by atoms with van der Waals surface area (Å²) in [5.41, 5.74) is 11.5. The zero-order chi connectivity index (χ0) is 24.8. The van der Waals surface area contributed by atoms with Gasteiger partial charge < -0.3 is 21.1 Å². The number of ether oxygens (including phenoxy) is 1. The maximum atomic E-state index is 12.9. The van der Waals surface area contributed by atoms with Crippen LogP contribution in [0.25, 0.3) is 16.9 Å². The average Bonchev–Trinajstić information content (AvgIpc) is 3.24. The smallest absolute Gasteiger partial charge is 0.325 e. The van der Waals surface area contributed by atoms with Crippen molar-refractivity contribution in [1.29, 1.82) is 0 Å². The van der Waals surface area contributed by atoms with Crippen LogP contribution in [0.4, 0.5) is 5.82 Å². The van der Waals surface area contributed by atoms with Gasteiger partial charge in [-0.2, -0.15) is 0 Å². The fraction of sp³-hybridized carbons (Fsp3) is 0.222. The van der Waals surface area contributed by atoms with Crippen molar-refractivity contribution in [2.24, 2.45) is 5.73 Å². The summed E-state index contributed by atoms with van der Waals surface area (Å²) in [4.78, 5) is 29.6. The van der Waals surface area contributed by atoms with Gasteiger partial charge in [0.05, 0.1) is 6.61 Å². The summed E-state index contributed by atoms with van der Waals surface area (Å²) in [6.07, 6.45) is 1.78. The highest BCUT2D eigenvalue weighted by Gasteiger charge is 2.17. The standard InChI is InChI=1S/C27H29N5O3/c1-3-35-24(33)17-29-26-25(21-9-4-6-18(2)12-21)31-23-14-22(10-11-32(23)26)27(34)30-16-20-8-5-7-19(13-20)15-28/h4-14,29H,3,15-17,28H2,1-2H3,(H,30,34). The van der Waals surface area contributed by atoms with Crippen LogP contribution >= 0.6 is 0 Å². The number of rotatable bonds is 9. The maximum Gasteiger partial charge on any atom is 0.325 e. The molecule has 0 saturated heterocycles. The fourth-order valence-electron chi connectivity index (χ4n) is 3.87. The topological polar surface area (TPSA) is 111 Å². The molecule has 0 spiro atoms. The number of nitrogens with one attached hydrogen (secondary N) is 2. The van der Waals surface area contributed by atoms with E-state index in [4.69, 9.17) is 15.5 Å². The molecule has 2 heterocycles. The van der Waals surface area contributed by atoms with Gasteiger partial charge in [-0.3, -0.25) is 14.0 Å². The molecular formula is C27H29N5O3. The number of anilines is 1. The third-order valence-electron chi connectivity index (χ3n) is 5.57. The van der Waals surface area contributed by atoms with Crippen LogP contribution in [0.1, 0.15) is 34.0 Å². The van der Waals surface area contributed by atoms with Crippen molar-refractivity contribution >= 4 is 23.3 Å². The molecule has 0 saturated carbocycles. The molecule has 0 aliphatic rings. The summed E-state index contributed by atoms with van der Waals surface area (Å²) in [5, 5.41) is 6.11. The van der Waals surface area contributed by atoms with E-state index in [2.05, 4.69) is 10.6 Å². The van der Waals surface area contributed by atoms with Crippen molar-refractivity contribution in [2.45, 2.75) is 26.9 Å². The van der Waals surface area contributed by atoms with E-state index < -0.39 is 0 Å². The Morgan fingerprint density at radius 1 is 1.06 bits per heavy atom. The van der Waals surface area contributed by atoms with Gasteiger partial charge >= 0.3 is 5.97 Å². The number of aryl methyl sites for hydroxylation is 1. The zero-order valence-electron chi connectivity index (χ0n) is 19.9. The van der Waals surface area contributed by atoms with Gasteiger partial charge in [-0.05, 0) is 43.2 Å². The largest absolute Gasteiger partial charge is 0.465 e. The lowest BCUT2D eigenvalue weighted by atomic mass is 10.1. The Labute approximate surface area is 204 Å². The Bertz CT molecular complexity index is 1360. The molecule has 0 fully saturated rings. The van der Waals surface area contributed by atoms with Gasteiger partial charge in [-0.15, -0.1) is 0 Å². The van der Waals surface area contributed by atoms with E-state index in [1.807, 2.05) is 59.9 Å². The summed E-state index contributed by atoms with van der Waals surface area (Å²) < 4.78 is 6.89. The zero-order valence-corrected chi connectivity index (χ0v) is 19.9. The number of carbonyl (C=O) groups is 2. The minimum atomic E-state index is -0.354. The molecule has 0 aliphatic heterocycles. The minimum absolute atomic E-state index is 0.00451. The number of esters is 1. The third kappa shape index (κ3) is 5.67. The summed E-state index contributed by atoms with van der Waals surface area (Å²) in [6.45, 7) is 4.95. The van der Waals surface area contributed by atoms with Gasteiger partial charge in [0.25, 0.3) is 5.91 Å². The van der Waals surface area contributed by atoms with E-state index in [1.54, 1.807) is 25.3 Å². The second kappa shape index (κ2) is 10.8. The molecule has 4 rings (SSSR count). The van der Waals surface area contributed by atoms with Gasteiger partial charge in [0, 0.05) is 30.4 Å². The van der Waals surface area contributed by atoms with E-state index in [0.29, 0.717) is 42.4 Å².